The summed E-state index contributed by atoms with van der Waals surface area (Å²) in [5.74, 6) is 1.71. The SMILES string of the molecule is C[PH](Cc1ccccc1)(Oc1ccccc1)Oc1ccccc1. The number of rotatable bonds is 6. The maximum atomic E-state index is 6.33. The fourth-order valence-corrected chi connectivity index (χ4v) is 4.97. The molecule has 0 atom stereocenters. The van der Waals surface area contributed by atoms with E-state index in [4.69, 9.17) is 9.05 Å². The molecule has 0 aliphatic rings. The van der Waals surface area contributed by atoms with E-state index < -0.39 is 7.72 Å². The van der Waals surface area contributed by atoms with Crippen molar-refractivity contribution in [2.45, 2.75) is 6.16 Å². The second-order valence-electron chi connectivity index (χ2n) is 5.63. The van der Waals surface area contributed by atoms with Crippen LogP contribution in [0.3, 0.4) is 0 Å². The van der Waals surface area contributed by atoms with Gasteiger partial charge in [0.15, 0.2) is 0 Å². The van der Waals surface area contributed by atoms with E-state index in [0.29, 0.717) is 0 Å². The van der Waals surface area contributed by atoms with Gasteiger partial charge in [-0.2, -0.15) is 0 Å². The van der Waals surface area contributed by atoms with Crippen LogP contribution in [0.5, 0.6) is 11.5 Å². The van der Waals surface area contributed by atoms with Gasteiger partial charge >= 0.3 is 138 Å². The molecule has 3 aromatic carbocycles. The summed E-state index contributed by atoms with van der Waals surface area (Å²) in [6, 6.07) is 30.2. The van der Waals surface area contributed by atoms with Crippen LogP contribution in [-0.4, -0.2) is 6.66 Å². The van der Waals surface area contributed by atoms with Crippen molar-refractivity contribution in [2.75, 3.05) is 6.66 Å². The van der Waals surface area contributed by atoms with E-state index in [2.05, 4.69) is 30.9 Å². The Bertz CT molecular complexity index is 613. The molecule has 0 aliphatic heterocycles. The zero-order chi connectivity index (χ0) is 16.0. The molecule has 0 bridgehead atoms. The van der Waals surface area contributed by atoms with Crippen molar-refractivity contribution in [1.29, 1.82) is 0 Å². The van der Waals surface area contributed by atoms with E-state index in [1.807, 2.05) is 66.7 Å². The number of hydrogen-bond acceptors (Lipinski definition) is 2. The molecule has 23 heavy (non-hydrogen) atoms. The van der Waals surface area contributed by atoms with Crippen molar-refractivity contribution >= 4 is 7.72 Å². The zero-order valence-corrected chi connectivity index (χ0v) is 14.2. The van der Waals surface area contributed by atoms with E-state index in [9.17, 15) is 0 Å². The second-order valence-corrected chi connectivity index (χ2v) is 8.66. The van der Waals surface area contributed by atoms with Gasteiger partial charge in [0.1, 0.15) is 0 Å². The maximum absolute atomic E-state index is 6.33. The van der Waals surface area contributed by atoms with Crippen LogP contribution in [0.25, 0.3) is 0 Å². The molecule has 0 unspecified atom stereocenters. The average Bonchev–Trinajstić information content (AvgIpc) is 2.57. The van der Waals surface area contributed by atoms with E-state index in [-0.39, 0.29) is 0 Å². The average molecular weight is 324 g/mol. The monoisotopic (exact) mass is 324 g/mol. The van der Waals surface area contributed by atoms with Gasteiger partial charge in [0.2, 0.25) is 0 Å². The Hall–Kier alpha value is -2.31. The molecule has 3 aromatic rings. The molecule has 0 heterocycles. The minimum atomic E-state index is -2.47. The predicted molar refractivity (Wildman–Crippen MR) is 98.5 cm³/mol. The standard InChI is InChI=1S/C20H21O2P/c1-23(17-18-11-5-2-6-12-18,21-19-13-7-3-8-14-19)22-20-15-9-4-10-16-20/h2-16,23H,17H2,1H3. The second kappa shape index (κ2) is 7.30. The third kappa shape index (κ3) is 4.58. The fourth-order valence-electron chi connectivity index (χ4n) is 2.54. The van der Waals surface area contributed by atoms with Crippen molar-refractivity contribution < 1.29 is 9.05 Å². The van der Waals surface area contributed by atoms with Gasteiger partial charge in [0, 0.05) is 0 Å². The van der Waals surface area contributed by atoms with Gasteiger partial charge in [-0.25, -0.2) is 0 Å². The fraction of sp³-hybridized carbons (Fsp3) is 0.100. The summed E-state index contributed by atoms with van der Waals surface area (Å²) in [5.41, 5.74) is 1.23. The van der Waals surface area contributed by atoms with Crippen molar-refractivity contribution in [2.24, 2.45) is 0 Å². The van der Waals surface area contributed by atoms with Crippen LogP contribution in [0.15, 0.2) is 91.0 Å². The summed E-state index contributed by atoms with van der Waals surface area (Å²) >= 11 is 0. The number of hydrogen-bond donors (Lipinski definition) is 0. The molecule has 0 fully saturated rings. The molecule has 0 aromatic heterocycles. The van der Waals surface area contributed by atoms with E-state index in [1.54, 1.807) is 0 Å². The van der Waals surface area contributed by atoms with Gasteiger partial charge in [-0.05, 0) is 0 Å². The van der Waals surface area contributed by atoms with Crippen molar-refractivity contribution in [1.82, 2.24) is 0 Å². The topological polar surface area (TPSA) is 18.5 Å². The molecule has 0 saturated heterocycles. The van der Waals surface area contributed by atoms with Gasteiger partial charge < -0.3 is 0 Å². The summed E-state index contributed by atoms with van der Waals surface area (Å²) in [5, 5.41) is 0. The van der Waals surface area contributed by atoms with Crippen LogP contribution in [-0.2, 0) is 6.16 Å². The first-order valence-corrected chi connectivity index (χ1v) is 10.3. The summed E-state index contributed by atoms with van der Waals surface area (Å²) in [6.45, 7) is 2.11. The molecule has 0 aliphatic carbocycles. The predicted octanol–water partition coefficient (Wildman–Crippen LogP) is 5.55. The third-order valence-corrected chi connectivity index (χ3v) is 5.91. The Balaban J connectivity index is 1.85. The number of para-hydroxylation sites is 2. The van der Waals surface area contributed by atoms with Gasteiger partial charge in [0.05, 0.1) is 0 Å². The van der Waals surface area contributed by atoms with Crippen LogP contribution in [0.2, 0.25) is 0 Å². The minimum absolute atomic E-state index is 0.789. The van der Waals surface area contributed by atoms with Crippen LogP contribution in [0.1, 0.15) is 5.56 Å². The van der Waals surface area contributed by atoms with Crippen molar-refractivity contribution in [3.63, 3.8) is 0 Å². The van der Waals surface area contributed by atoms with E-state index >= 15 is 0 Å². The quantitative estimate of drug-likeness (QED) is 0.553. The summed E-state index contributed by atoms with van der Waals surface area (Å²) in [7, 11) is -2.47. The van der Waals surface area contributed by atoms with Crippen LogP contribution < -0.4 is 9.05 Å². The summed E-state index contributed by atoms with van der Waals surface area (Å²) < 4.78 is 12.7. The molecule has 3 rings (SSSR count). The third-order valence-electron chi connectivity index (χ3n) is 3.52. The summed E-state index contributed by atoms with van der Waals surface area (Å²) in [6.07, 6.45) is 0.789. The molecule has 3 heteroatoms. The molecule has 0 saturated carbocycles. The molecule has 0 N–H and O–H groups in total. The Morgan fingerprint density at radius 2 is 1.00 bits per heavy atom. The molecule has 118 valence electrons. The summed E-state index contributed by atoms with van der Waals surface area (Å²) in [4.78, 5) is 0. The molecular weight excluding hydrogens is 303 g/mol. The molecular formula is C20H21O2P. The van der Waals surface area contributed by atoms with Crippen LogP contribution in [0.4, 0.5) is 0 Å². The molecule has 0 radical (unpaired) electrons. The van der Waals surface area contributed by atoms with Gasteiger partial charge in [-0.15, -0.1) is 0 Å². The molecule has 2 nitrogen and oxygen atoms in total. The number of benzene rings is 3. The van der Waals surface area contributed by atoms with Gasteiger partial charge in [0.25, 0.3) is 0 Å². The Kier molecular flexibility index (Phi) is 4.95. The first-order valence-electron chi connectivity index (χ1n) is 7.76. The molecule has 0 spiro atoms. The zero-order valence-electron chi connectivity index (χ0n) is 13.2. The Labute approximate surface area is 138 Å². The Morgan fingerprint density at radius 1 is 0.609 bits per heavy atom. The normalized spacial score (nSPS) is 11.7. The first kappa shape index (κ1) is 15.6. The van der Waals surface area contributed by atoms with Crippen LogP contribution >= 0.6 is 7.72 Å². The van der Waals surface area contributed by atoms with E-state index in [0.717, 1.165) is 17.7 Å². The van der Waals surface area contributed by atoms with Crippen molar-refractivity contribution in [3.8, 4) is 11.5 Å². The Morgan fingerprint density at radius 3 is 1.43 bits per heavy atom. The van der Waals surface area contributed by atoms with Crippen molar-refractivity contribution in [3.05, 3.63) is 96.6 Å². The molecule has 0 amide bonds. The van der Waals surface area contributed by atoms with Gasteiger partial charge in [-0.3, -0.25) is 0 Å². The van der Waals surface area contributed by atoms with Gasteiger partial charge in [-0.1, -0.05) is 0 Å². The first-order chi connectivity index (χ1) is 11.2. The van der Waals surface area contributed by atoms with Crippen LogP contribution in [0, 0.1) is 0 Å². The van der Waals surface area contributed by atoms with E-state index in [1.165, 1.54) is 5.56 Å².